The van der Waals surface area contributed by atoms with Crippen LogP contribution < -0.4 is 5.32 Å². The zero-order valence-corrected chi connectivity index (χ0v) is 16.5. The third-order valence-electron chi connectivity index (χ3n) is 4.91. The largest absolute Gasteiger partial charge is 0.312 e. The second-order valence-corrected chi connectivity index (χ2v) is 9.59. The molecule has 1 aromatic rings. The van der Waals surface area contributed by atoms with E-state index in [-0.39, 0.29) is 5.54 Å². The molecule has 1 fully saturated rings. The van der Waals surface area contributed by atoms with Crippen molar-refractivity contribution >= 4 is 27.3 Å². The molecule has 1 aliphatic rings. The number of hydrogen-bond donors (Lipinski definition) is 1. The highest BCUT2D eigenvalue weighted by Crippen LogP contribution is 2.45. The van der Waals surface area contributed by atoms with E-state index in [2.05, 4.69) is 66.6 Å². The van der Waals surface area contributed by atoms with Gasteiger partial charge in [-0.25, -0.2) is 0 Å². The molecule has 0 spiro atoms. The van der Waals surface area contributed by atoms with Crippen molar-refractivity contribution in [3.8, 4) is 0 Å². The van der Waals surface area contributed by atoms with Crippen LogP contribution in [0.4, 0.5) is 0 Å². The number of rotatable bonds is 4. The summed E-state index contributed by atoms with van der Waals surface area (Å²) in [5.74, 6) is 3.17. The number of thiophene rings is 1. The molecule has 1 aliphatic carbocycles. The summed E-state index contributed by atoms with van der Waals surface area (Å²) < 4.78 is 1.32. The van der Waals surface area contributed by atoms with Gasteiger partial charge in [0.25, 0.3) is 0 Å². The predicted octanol–water partition coefficient (Wildman–Crippen LogP) is 6.05. The average Bonchev–Trinajstić information content (AvgIpc) is 2.81. The summed E-state index contributed by atoms with van der Waals surface area (Å²) in [5, 5.41) is 8.34. The first kappa shape index (κ1) is 17.5. The molecule has 21 heavy (non-hydrogen) atoms. The lowest BCUT2D eigenvalue weighted by atomic mass is 9.68. The third-order valence-corrected chi connectivity index (χ3v) is 6.66. The molecule has 0 bridgehead atoms. The normalized spacial score (nSPS) is 27.3. The maximum atomic E-state index is 3.77. The second-order valence-electron chi connectivity index (χ2n) is 7.99. The van der Waals surface area contributed by atoms with Gasteiger partial charge in [0.15, 0.2) is 0 Å². The van der Waals surface area contributed by atoms with Gasteiger partial charge in [-0.05, 0) is 97.1 Å². The van der Waals surface area contributed by atoms with Crippen molar-refractivity contribution in [2.24, 2.45) is 17.8 Å². The first-order valence-electron chi connectivity index (χ1n) is 8.24. The van der Waals surface area contributed by atoms with E-state index in [0.29, 0.717) is 5.92 Å². The molecular formula is C18H30BrNS. The highest BCUT2D eigenvalue weighted by molar-refractivity contribution is 9.10. The molecule has 120 valence electrons. The smallest absolute Gasteiger partial charge is 0.0317 e. The Kier molecular flexibility index (Phi) is 5.95. The molecule has 1 heterocycles. The van der Waals surface area contributed by atoms with Crippen LogP contribution in [0.25, 0.3) is 0 Å². The molecule has 3 atom stereocenters. The fourth-order valence-electron chi connectivity index (χ4n) is 3.49. The summed E-state index contributed by atoms with van der Waals surface area (Å²) in [6.07, 6.45) is 4.11. The van der Waals surface area contributed by atoms with Gasteiger partial charge in [-0.15, -0.1) is 0 Å². The van der Waals surface area contributed by atoms with E-state index in [4.69, 9.17) is 0 Å². The molecule has 3 unspecified atom stereocenters. The van der Waals surface area contributed by atoms with Gasteiger partial charge in [0.05, 0.1) is 0 Å². The second kappa shape index (κ2) is 7.14. The van der Waals surface area contributed by atoms with E-state index in [1.165, 1.54) is 23.7 Å². The van der Waals surface area contributed by atoms with Gasteiger partial charge in [-0.1, -0.05) is 13.8 Å². The molecule has 0 aromatic carbocycles. The molecular weight excluding hydrogens is 342 g/mol. The van der Waals surface area contributed by atoms with Crippen molar-refractivity contribution in [3.05, 3.63) is 20.8 Å². The molecule has 0 radical (unpaired) electrons. The van der Waals surface area contributed by atoms with Crippen molar-refractivity contribution in [1.29, 1.82) is 0 Å². The monoisotopic (exact) mass is 371 g/mol. The summed E-state index contributed by atoms with van der Waals surface area (Å²) in [4.78, 5) is 0. The van der Waals surface area contributed by atoms with E-state index in [1.54, 1.807) is 5.56 Å². The zero-order valence-electron chi connectivity index (χ0n) is 14.1. The molecule has 0 saturated heterocycles. The highest BCUT2D eigenvalue weighted by atomic mass is 79.9. The molecule has 1 nitrogen and oxygen atoms in total. The predicted molar refractivity (Wildman–Crippen MR) is 98.2 cm³/mol. The summed E-state index contributed by atoms with van der Waals surface area (Å²) in [5.41, 5.74) is 1.76. The van der Waals surface area contributed by atoms with E-state index in [9.17, 15) is 0 Å². The topological polar surface area (TPSA) is 12.0 Å². The summed E-state index contributed by atoms with van der Waals surface area (Å²) >= 11 is 5.59. The van der Waals surface area contributed by atoms with Crippen molar-refractivity contribution in [3.63, 3.8) is 0 Å². The van der Waals surface area contributed by atoms with Gasteiger partial charge >= 0.3 is 0 Å². The van der Waals surface area contributed by atoms with Crippen molar-refractivity contribution in [1.82, 2.24) is 5.32 Å². The quantitative estimate of drug-likeness (QED) is 0.678. The van der Waals surface area contributed by atoms with Gasteiger partial charge in [-0.3, -0.25) is 0 Å². The van der Waals surface area contributed by atoms with Crippen molar-refractivity contribution < 1.29 is 0 Å². The molecule has 1 N–H and O–H groups in total. The van der Waals surface area contributed by atoms with Crippen LogP contribution in [0.1, 0.15) is 65.4 Å². The Morgan fingerprint density at radius 2 is 2.00 bits per heavy atom. The van der Waals surface area contributed by atoms with Gasteiger partial charge in [-0.2, -0.15) is 11.3 Å². The lowest BCUT2D eigenvalue weighted by Gasteiger charge is -2.39. The molecule has 2 rings (SSSR count). The van der Waals surface area contributed by atoms with Crippen molar-refractivity contribution in [2.75, 3.05) is 6.54 Å². The molecule has 0 aliphatic heterocycles. The van der Waals surface area contributed by atoms with Gasteiger partial charge in [0.1, 0.15) is 0 Å². The van der Waals surface area contributed by atoms with E-state index >= 15 is 0 Å². The van der Waals surface area contributed by atoms with Crippen LogP contribution in [-0.2, 0) is 0 Å². The lowest BCUT2D eigenvalue weighted by Crippen LogP contribution is -2.42. The minimum absolute atomic E-state index is 0.214. The standard InChI is InChI=1S/C18H30BrNS/c1-12(2)13-6-7-14(9-20-18(3,4)5)15(8-13)16-10-21-11-17(16)19/h10-15,20H,6-9H2,1-5H3. The number of hydrogen-bond acceptors (Lipinski definition) is 2. The van der Waals surface area contributed by atoms with E-state index in [0.717, 1.165) is 24.3 Å². The Hall–Kier alpha value is 0.140. The van der Waals surface area contributed by atoms with Crippen LogP contribution >= 0.6 is 27.3 Å². The third kappa shape index (κ3) is 4.80. The fourth-order valence-corrected chi connectivity index (χ4v) is 5.15. The molecule has 0 amide bonds. The Balaban J connectivity index is 2.13. The Morgan fingerprint density at radius 1 is 1.29 bits per heavy atom. The van der Waals surface area contributed by atoms with Crippen LogP contribution in [0.2, 0.25) is 0 Å². The minimum Gasteiger partial charge on any atom is -0.312 e. The number of nitrogens with one attached hydrogen (secondary N) is 1. The molecule has 3 heteroatoms. The maximum Gasteiger partial charge on any atom is 0.0317 e. The number of halogens is 1. The molecule has 1 aromatic heterocycles. The zero-order chi connectivity index (χ0) is 15.6. The summed E-state index contributed by atoms with van der Waals surface area (Å²) in [6, 6.07) is 0. The maximum absolute atomic E-state index is 3.77. The SMILES string of the molecule is CC(C)C1CCC(CNC(C)(C)C)C(c2cscc2Br)C1. The summed E-state index contributed by atoms with van der Waals surface area (Å²) in [7, 11) is 0. The van der Waals surface area contributed by atoms with E-state index in [1.807, 2.05) is 11.3 Å². The van der Waals surface area contributed by atoms with Gasteiger partial charge < -0.3 is 5.32 Å². The first-order valence-corrected chi connectivity index (χ1v) is 9.98. The Labute approximate surface area is 143 Å². The van der Waals surface area contributed by atoms with Crippen LogP contribution in [0.3, 0.4) is 0 Å². The van der Waals surface area contributed by atoms with Crippen LogP contribution in [0, 0.1) is 17.8 Å². The lowest BCUT2D eigenvalue weighted by molar-refractivity contribution is 0.182. The molecule has 1 saturated carbocycles. The van der Waals surface area contributed by atoms with Crippen LogP contribution in [-0.4, -0.2) is 12.1 Å². The first-order chi connectivity index (χ1) is 9.78. The highest BCUT2D eigenvalue weighted by Gasteiger charge is 2.34. The average molecular weight is 372 g/mol. The Bertz CT molecular complexity index is 446. The Morgan fingerprint density at radius 3 is 2.52 bits per heavy atom. The van der Waals surface area contributed by atoms with Gasteiger partial charge in [0.2, 0.25) is 0 Å². The summed E-state index contributed by atoms with van der Waals surface area (Å²) in [6.45, 7) is 12.7. The van der Waals surface area contributed by atoms with Gasteiger partial charge in [0, 0.05) is 15.4 Å². The van der Waals surface area contributed by atoms with Crippen molar-refractivity contribution in [2.45, 2.75) is 65.3 Å². The van der Waals surface area contributed by atoms with Crippen LogP contribution in [0.15, 0.2) is 15.2 Å². The van der Waals surface area contributed by atoms with Crippen LogP contribution in [0.5, 0.6) is 0 Å². The fraction of sp³-hybridized carbons (Fsp3) is 0.778. The van der Waals surface area contributed by atoms with E-state index < -0.39 is 0 Å². The minimum atomic E-state index is 0.214.